The van der Waals surface area contributed by atoms with Gasteiger partial charge in [-0.1, -0.05) is 72.3 Å². The lowest BCUT2D eigenvalue weighted by atomic mass is 10.0. The van der Waals surface area contributed by atoms with Crippen molar-refractivity contribution in [3.05, 3.63) is 101 Å². The molecule has 9 heteroatoms. The Morgan fingerprint density at radius 2 is 1.57 bits per heavy atom. The van der Waals surface area contributed by atoms with Crippen LogP contribution in [0.5, 0.6) is 0 Å². The average molecular weight is 568 g/mol. The number of aryl methyl sites for hydroxylation is 1. The summed E-state index contributed by atoms with van der Waals surface area (Å²) in [6.07, 6.45) is 1.46. The molecule has 7 nitrogen and oxygen atoms in total. The molecule has 0 aliphatic rings. The zero-order valence-electron chi connectivity index (χ0n) is 23.5. The minimum atomic E-state index is -3.79. The van der Waals surface area contributed by atoms with Gasteiger partial charge < -0.3 is 10.2 Å². The third kappa shape index (κ3) is 8.91. The predicted octanol–water partition coefficient (Wildman–Crippen LogP) is 4.85. The Kier molecular flexibility index (Phi) is 10.8. The van der Waals surface area contributed by atoms with Crippen LogP contribution in [-0.2, 0) is 32.6 Å². The number of amides is 2. The van der Waals surface area contributed by atoms with Crippen molar-refractivity contribution in [1.82, 2.24) is 10.2 Å². The molecule has 0 bridgehead atoms. The number of carbonyl (C=O) groups excluding carboxylic acids is 2. The molecule has 0 unspecified atom stereocenters. The highest BCUT2D eigenvalue weighted by molar-refractivity contribution is 7.92. The van der Waals surface area contributed by atoms with Gasteiger partial charge in [0.15, 0.2) is 0 Å². The van der Waals surface area contributed by atoms with Crippen LogP contribution >= 0.6 is 0 Å². The molecule has 0 saturated heterocycles. The summed E-state index contributed by atoms with van der Waals surface area (Å²) in [5, 5.41) is 2.96. The van der Waals surface area contributed by atoms with Crippen LogP contribution in [-0.4, -0.2) is 50.0 Å². The van der Waals surface area contributed by atoms with E-state index in [1.54, 1.807) is 11.0 Å². The number of hydrogen-bond acceptors (Lipinski definition) is 4. The summed E-state index contributed by atoms with van der Waals surface area (Å²) in [5.74, 6) is -1.21. The zero-order valence-corrected chi connectivity index (χ0v) is 24.3. The third-order valence-electron chi connectivity index (χ3n) is 6.41. The molecule has 1 atom stereocenters. The highest BCUT2D eigenvalue weighted by atomic mass is 32.2. The average Bonchev–Trinajstić information content (AvgIpc) is 2.88. The molecule has 3 aromatic rings. The van der Waals surface area contributed by atoms with Crippen LogP contribution in [0, 0.1) is 12.7 Å². The molecular weight excluding hydrogens is 529 g/mol. The van der Waals surface area contributed by atoms with E-state index < -0.39 is 21.9 Å². The van der Waals surface area contributed by atoms with Gasteiger partial charge in [0.2, 0.25) is 21.8 Å². The van der Waals surface area contributed by atoms with Crippen LogP contribution < -0.4 is 9.62 Å². The Morgan fingerprint density at radius 1 is 0.925 bits per heavy atom. The van der Waals surface area contributed by atoms with Crippen molar-refractivity contribution in [1.29, 1.82) is 0 Å². The number of nitrogens with one attached hydrogen (secondary N) is 1. The first kappa shape index (κ1) is 30.8. The van der Waals surface area contributed by atoms with E-state index in [2.05, 4.69) is 5.32 Å². The van der Waals surface area contributed by atoms with Crippen molar-refractivity contribution < 1.29 is 22.4 Å². The quantitative estimate of drug-likeness (QED) is 0.320. The molecule has 0 heterocycles. The van der Waals surface area contributed by atoms with Crippen LogP contribution in [0.1, 0.15) is 43.4 Å². The lowest BCUT2D eigenvalue weighted by Gasteiger charge is -2.32. The van der Waals surface area contributed by atoms with Crippen LogP contribution in [0.25, 0.3) is 0 Å². The van der Waals surface area contributed by atoms with Crippen molar-refractivity contribution in [3.8, 4) is 0 Å². The van der Waals surface area contributed by atoms with Gasteiger partial charge >= 0.3 is 0 Å². The molecule has 0 saturated carbocycles. The third-order valence-corrected chi connectivity index (χ3v) is 7.59. The zero-order chi connectivity index (χ0) is 29.3. The predicted molar refractivity (Wildman–Crippen MR) is 157 cm³/mol. The number of sulfonamides is 1. The van der Waals surface area contributed by atoms with E-state index in [1.165, 1.54) is 18.2 Å². The van der Waals surface area contributed by atoms with Crippen molar-refractivity contribution >= 4 is 27.5 Å². The molecule has 2 amide bonds. The van der Waals surface area contributed by atoms with E-state index in [9.17, 15) is 22.4 Å². The highest BCUT2D eigenvalue weighted by Gasteiger charge is 2.31. The number of rotatable bonds is 13. The van der Waals surface area contributed by atoms with Crippen molar-refractivity contribution in [3.63, 3.8) is 0 Å². The van der Waals surface area contributed by atoms with Gasteiger partial charge in [0.1, 0.15) is 11.9 Å². The molecule has 0 aliphatic carbocycles. The fraction of sp³-hybridized carbons (Fsp3) is 0.355. The number of benzene rings is 3. The molecular formula is C31H38FN3O4S. The van der Waals surface area contributed by atoms with Crippen molar-refractivity contribution in [2.75, 3.05) is 17.1 Å². The van der Waals surface area contributed by atoms with Gasteiger partial charge in [-0.05, 0) is 50.5 Å². The summed E-state index contributed by atoms with van der Waals surface area (Å²) in [4.78, 5) is 28.8. The topological polar surface area (TPSA) is 86.8 Å². The summed E-state index contributed by atoms with van der Waals surface area (Å²) in [5.41, 5.74) is 2.77. The second kappa shape index (κ2) is 14.1. The van der Waals surface area contributed by atoms with Gasteiger partial charge in [-0.25, -0.2) is 12.8 Å². The number of hydrogen-bond donors (Lipinski definition) is 1. The molecule has 0 spiro atoms. The van der Waals surface area contributed by atoms with Crippen LogP contribution in [0.3, 0.4) is 0 Å². The molecule has 0 radical (unpaired) electrons. The number of nitrogens with zero attached hydrogens (tertiary/aromatic N) is 2. The monoisotopic (exact) mass is 567 g/mol. The smallest absolute Gasteiger partial charge is 0.243 e. The highest BCUT2D eigenvalue weighted by Crippen LogP contribution is 2.23. The maximum Gasteiger partial charge on any atom is 0.243 e. The number of carbonyl (C=O) groups is 2. The fourth-order valence-electron chi connectivity index (χ4n) is 4.58. The van der Waals surface area contributed by atoms with Crippen LogP contribution in [0.2, 0.25) is 0 Å². The lowest BCUT2D eigenvalue weighted by Crippen LogP contribution is -2.51. The van der Waals surface area contributed by atoms with Gasteiger partial charge in [0, 0.05) is 32.0 Å². The van der Waals surface area contributed by atoms with E-state index in [4.69, 9.17) is 0 Å². The van der Waals surface area contributed by atoms with E-state index in [0.29, 0.717) is 6.42 Å². The van der Waals surface area contributed by atoms with Gasteiger partial charge in [-0.2, -0.15) is 0 Å². The van der Waals surface area contributed by atoms with E-state index >= 15 is 0 Å². The molecule has 0 fully saturated rings. The number of halogens is 1. The Labute approximate surface area is 237 Å². The van der Waals surface area contributed by atoms with E-state index in [1.807, 2.05) is 75.4 Å². The molecule has 3 rings (SSSR count). The van der Waals surface area contributed by atoms with Crippen LogP contribution in [0.15, 0.2) is 78.9 Å². The molecule has 3 aromatic carbocycles. The van der Waals surface area contributed by atoms with Crippen LogP contribution in [0.4, 0.5) is 10.1 Å². The van der Waals surface area contributed by atoms with Gasteiger partial charge in [0.25, 0.3) is 0 Å². The summed E-state index contributed by atoms with van der Waals surface area (Å²) in [7, 11) is -3.79. The van der Waals surface area contributed by atoms with Crippen molar-refractivity contribution in [2.45, 2.75) is 58.7 Å². The van der Waals surface area contributed by atoms with Gasteiger partial charge in [0.05, 0.1) is 11.9 Å². The first-order valence-corrected chi connectivity index (χ1v) is 15.2. The molecule has 40 heavy (non-hydrogen) atoms. The summed E-state index contributed by atoms with van der Waals surface area (Å²) in [6, 6.07) is 22.0. The Balaban J connectivity index is 1.89. The molecule has 214 valence electrons. The standard InChI is InChI=1S/C31H38FN3O4S/c1-23(2)33-31(37)29(21-25-13-6-5-7-14-25)34(22-26-15-10-12-24(3)20-26)30(36)18-11-19-35(40(4,38)39)28-17-9-8-16-27(28)32/h5-10,12-17,20,23,29H,11,18-19,21-22H2,1-4H3,(H,33,37)/t29-/m0/s1. The SMILES string of the molecule is Cc1cccc(CN(C(=O)CCCN(c2ccccc2F)S(C)(=O)=O)[C@@H](Cc2ccccc2)C(=O)NC(C)C)c1. The Morgan fingerprint density at radius 3 is 2.20 bits per heavy atom. The molecule has 1 N–H and O–H groups in total. The first-order valence-electron chi connectivity index (χ1n) is 13.4. The second-order valence-corrected chi connectivity index (χ2v) is 12.2. The summed E-state index contributed by atoms with van der Waals surface area (Å²) < 4.78 is 40.4. The number of anilines is 1. The Hall–Kier alpha value is -3.72. The van der Waals surface area contributed by atoms with Crippen molar-refractivity contribution in [2.24, 2.45) is 0 Å². The molecule has 0 aromatic heterocycles. The van der Waals surface area contributed by atoms with E-state index in [0.717, 1.165) is 27.3 Å². The minimum absolute atomic E-state index is 0.0213. The first-order chi connectivity index (χ1) is 19.0. The maximum atomic E-state index is 14.4. The normalized spacial score (nSPS) is 12.2. The maximum absolute atomic E-state index is 14.4. The lowest BCUT2D eigenvalue weighted by molar-refractivity contribution is -0.141. The van der Waals surface area contributed by atoms with Gasteiger partial charge in [-0.3, -0.25) is 13.9 Å². The largest absolute Gasteiger partial charge is 0.352 e. The minimum Gasteiger partial charge on any atom is -0.352 e. The fourth-order valence-corrected chi connectivity index (χ4v) is 5.54. The van der Waals surface area contributed by atoms with E-state index in [-0.39, 0.29) is 49.5 Å². The van der Waals surface area contributed by atoms with Gasteiger partial charge in [-0.15, -0.1) is 0 Å². The Bertz CT molecular complexity index is 1400. The summed E-state index contributed by atoms with van der Waals surface area (Å²) in [6.45, 7) is 5.84. The summed E-state index contributed by atoms with van der Waals surface area (Å²) >= 11 is 0. The number of para-hydroxylation sites is 1. The second-order valence-electron chi connectivity index (χ2n) is 10.3. The molecule has 0 aliphatic heterocycles.